The van der Waals surface area contributed by atoms with E-state index in [-0.39, 0.29) is 21.5 Å². The van der Waals surface area contributed by atoms with E-state index in [0.717, 1.165) is 17.2 Å². The van der Waals surface area contributed by atoms with Gasteiger partial charge in [0.15, 0.2) is 6.61 Å². The fourth-order valence-corrected chi connectivity index (χ4v) is 2.50. The van der Waals surface area contributed by atoms with Crippen molar-refractivity contribution >= 4 is 33.4 Å². The summed E-state index contributed by atoms with van der Waals surface area (Å²) in [6.45, 7) is 3.24. The average molecular weight is 392 g/mol. The van der Waals surface area contributed by atoms with Crippen LogP contribution in [0.25, 0.3) is 0 Å². The summed E-state index contributed by atoms with van der Waals surface area (Å²) >= 11 is 3.04. The highest BCUT2D eigenvalue weighted by molar-refractivity contribution is 9.10. The normalized spacial score (nSPS) is 10.3. The number of benzene rings is 2. The third-order valence-corrected chi connectivity index (χ3v) is 4.08. The van der Waals surface area contributed by atoms with Gasteiger partial charge in [-0.25, -0.2) is 4.79 Å². The number of ether oxygens (including phenoxy) is 1. The molecule has 2 rings (SSSR count). The summed E-state index contributed by atoms with van der Waals surface area (Å²) < 4.78 is 5.25. The van der Waals surface area contributed by atoms with E-state index in [9.17, 15) is 19.7 Å². The summed E-state index contributed by atoms with van der Waals surface area (Å²) in [5.74, 6) is -1.11. The molecule has 0 saturated carbocycles. The molecule has 124 valence electrons. The Kier molecular flexibility index (Phi) is 5.46. The minimum absolute atomic E-state index is 0.0127. The summed E-state index contributed by atoms with van der Waals surface area (Å²) in [6, 6.07) is 9.33. The number of rotatable bonds is 5. The van der Waals surface area contributed by atoms with Gasteiger partial charge in [-0.1, -0.05) is 17.7 Å². The number of carbonyl (C=O) groups excluding carboxylic acids is 2. The predicted molar refractivity (Wildman–Crippen MR) is 91.3 cm³/mol. The zero-order chi connectivity index (χ0) is 17.9. The number of ketones is 1. The largest absolute Gasteiger partial charge is 0.454 e. The molecule has 0 N–H and O–H groups in total. The Morgan fingerprint density at radius 3 is 2.54 bits per heavy atom. The number of Topliss-reactive ketones (excluding diaryl/α,β-unsaturated/α-hetero) is 1. The summed E-state index contributed by atoms with van der Waals surface area (Å²) in [5.41, 5.74) is 1.98. The van der Waals surface area contributed by atoms with Crippen molar-refractivity contribution in [3.05, 3.63) is 73.2 Å². The molecule has 0 unspecified atom stereocenters. The molecule has 0 aliphatic heterocycles. The number of aryl methyl sites for hydroxylation is 2. The van der Waals surface area contributed by atoms with Crippen molar-refractivity contribution in [2.45, 2.75) is 13.8 Å². The lowest BCUT2D eigenvalue weighted by Gasteiger charge is -2.08. The number of carbonyl (C=O) groups is 2. The maximum Gasteiger partial charge on any atom is 0.338 e. The van der Waals surface area contributed by atoms with Crippen LogP contribution in [0, 0.1) is 24.0 Å². The van der Waals surface area contributed by atoms with Crippen LogP contribution in [-0.4, -0.2) is 23.3 Å². The first-order chi connectivity index (χ1) is 11.3. The molecule has 6 nitrogen and oxygen atoms in total. The van der Waals surface area contributed by atoms with E-state index in [1.807, 2.05) is 19.1 Å². The Bertz CT molecular complexity index is 832. The zero-order valence-corrected chi connectivity index (χ0v) is 14.6. The van der Waals surface area contributed by atoms with Crippen LogP contribution < -0.4 is 0 Å². The number of hydrogen-bond donors (Lipinski definition) is 0. The molecule has 2 aromatic rings. The van der Waals surface area contributed by atoms with Crippen molar-refractivity contribution in [3.63, 3.8) is 0 Å². The van der Waals surface area contributed by atoms with Gasteiger partial charge in [0.2, 0.25) is 5.78 Å². The maximum absolute atomic E-state index is 12.2. The smallest absolute Gasteiger partial charge is 0.338 e. The van der Waals surface area contributed by atoms with E-state index in [1.165, 1.54) is 12.1 Å². The molecule has 0 fully saturated rings. The fourth-order valence-electron chi connectivity index (χ4n) is 2.11. The van der Waals surface area contributed by atoms with Gasteiger partial charge in [-0.2, -0.15) is 0 Å². The molecule has 2 aromatic carbocycles. The Hall–Kier alpha value is -2.54. The quantitative estimate of drug-likeness (QED) is 0.332. The molecule has 0 atom stereocenters. The first kappa shape index (κ1) is 17.8. The van der Waals surface area contributed by atoms with Crippen LogP contribution in [0.3, 0.4) is 0 Å². The molecule has 7 heteroatoms. The minimum atomic E-state index is -0.788. The highest BCUT2D eigenvalue weighted by Crippen LogP contribution is 2.26. The van der Waals surface area contributed by atoms with Crippen LogP contribution >= 0.6 is 15.9 Å². The van der Waals surface area contributed by atoms with Crippen LogP contribution in [0.15, 0.2) is 40.9 Å². The lowest BCUT2D eigenvalue weighted by molar-refractivity contribution is -0.385. The number of nitro benzene ring substituents is 1. The second-order valence-corrected chi connectivity index (χ2v) is 6.10. The van der Waals surface area contributed by atoms with Gasteiger partial charge in [0, 0.05) is 11.6 Å². The van der Waals surface area contributed by atoms with E-state index < -0.39 is 17.5 Å². The van der Waals surface area contributed by atoms with Crippen LogP contribution in [0.4, 0.5) is 5.69 Å². The molecule has 0 amide bonds. The SMILES string of the molecule is Cc1ccc(C)c(C(=O)COC(=O)c2ccc(Br)c([N+](=O)[O-])c2)c1. The lowest BCUT2D eigenvalue weighted by Crippen LogP contribution is -2.15. The monoisotopic (exact) mass is 391 g/mol. The average Bonchev–Trinajstić information content (AvgIpc) is 2.54. The zero-order valence-electron chi connectivity index (χ0n) is 13.0. The van der Waals surface area contributed by atoms with Crippen molar-refractivity contribution in [2.24, 2.45) is 0 Å². The first-order valence-corrected chi connectivity index (χ1v) is 7.80. The van der Waals surface area contributed by atoms with Crippen LogP contribution in [0.1, 0.15) is 31.8 Å². The van der Waals surface area contributed by atoms with Gasteiger partial charge in [0.05, 0.1) is 15.0 Å². The Morgan fingerprint density at radius 1 is 1.17 bits per heavy atom. The van der Waals surface area contributed by atoms with Gasteiger partial charge in [-0.05, 0) is 53.5 Å². The van der Waals surface area contributed by atoms with Crippen LogP contribution in [-0.2, 0) is 4.74 Å². The Balaban J connectivity index is 2.10. The second kappa shape index (κ2) is 7.35. The van der Waals surface area contributed by atoms with E-state index in [0.29, 0.717) is 5.56 Å². The molecule has 0 aliphatic rings. The van der Waals surface area contributed by atoms with Crippen LogP contribution in [0.5, 0.6) is 0 Å². The molecule has 0 spiro atoms. The Labute approximate surface area is 146 Å². The molecular formula is C17H14BrNO5. The summed E-state index contributed by atoms with van der Waals surface area (Å²) in [6.07, 6.45) is 0. The molecule has 0 bridgehead atoms. The molecular weight excluding hydrogens is 378 g/mol. The minimum Gasteiger partial charge on any atom is -0.454 e. The number of halogens is 1. The standard InChI is InChI=1S/C17H14BrNO5/c1-10-3-4-11(2)13(7-10)16(20)9-24-17(21)12-5-6-14(18)15(8-12)19(22)23/h3-8H,9H2,1-2H3. The maximum atomic E-state index is 12.2. The van der Waals surface area contributed by atoms with Crippen molar-refractivity contribution < 1.29 is 19.2 Å². The summed E-state index contributed by atoms with van der Waals surface area (Å²) in [4.78, 5) is 34.5. The molecule has 0 saturated heterocycles. The lowest BCUT2D eigenvalue weighted by atomic mass is 10.0. The van der Waals surface area contributed by atoms with E-state index in [1.54, 1.807) is 13.0 Å². The topological polar surface area (TPSA) is 86.5 Å². The third kappa shape index (κ3) is 4.05. The van der Waals surface area contributed by atoms with E-state index >= 15 is 0 Å². The third-order valence-electron chi connectivity index (χ3n) is 3.41. The van der Waals surface area contributed by atoms with Gasteiger partial charge in [0.25, 0.3) is 5.69 Å². The number of esters is 1. The van der Waals surface area contributed by atoms with Crippen molar-refractivity contribution in [1.82, 2.24) is 0 Å². The molecule has 0 aliphatic carbocycles. The number of nitro groups is 1. The predicted octanol–water partition coefficient (Wildman–Crippen LogP) is 4.01. The van der Waals surface area contributed by atoms with Gasteiger partial charge >= 0.3 is 5.97 Å². The van der Waals surface area contributed by atoms with Gasteiger partial charge in [0.1, 0.15) is 0 Å². The summed E-state index contributed by atoms with van der Waals surface area (Å²) in [5, 5.41) is 10.9. The van der Waals surface area contributed by atoms with Crippen LogP contribution in [0.2, 0.25) is 0 Å². The van der Waals surface area contributed by atoms with E-state index in [2.05, 4.69) is 15.9 Å². The molecule has 0 radical (unpaired) electrons. The van der Waals surface area contributed by atoms with Gasteiger partial charge < -0.3 is 4.74 Å². The highest BCUT2D eigenvalue weighted by Gasteiger charge is 2.18. The molecule has 0 heterocycles. The number of nitrogens with zero attached hydrogens (tertiary/aromatic N) is 1. The first-order valence-electron chi connectivity index (χ1n) is 7.01. The van der Waals surface area contributed by atoms with Gasteiger partial charge in [-0.3, -0.25) is 14.9 Å². The van der Waals surface area contributed by atoms with Crippen molar-refractivity contribution in [3.8, 4) is 0 Å². The second-order valence-electron chi connectivity index (χ2n) is 5.24. The van der Waals surface area contributed by atoms with Crippen molar-refractivity contribution in [2.75, 3.05) is 6.61 Å². The van der Waals surface area contributed by atoms with Gasteiger partial charge in [-0.15, -0.1) is 0 Å². The Morgan fingerprint density at radius 2 is 1.88 bits per heavy atom. The molecule has 0 aromatic heterocycles. The van der Waals surface area contributed by atoms with Crippen molar-refractivity contribution in [1.29, 1.82) is 0 Å². The van der Waals surface area contributed by atoms with E-state index in [4.69, 9.17) is 4.74 Å². The summed E-state index contributed by atoms with van der Waals surface area (Å²) in [7, 11) is 0. The molecule has 24 heavy (non-hydrogen) atoms. The highest BCUT2D eigenvalue weighted by atomic mass is 79.9. The number of hydrogen-bond acceptors (Lipinski definition) is 5. The fraction of sp³-hybridized carbons (Fsp3) is 0.176.